The van der Waals surface area contributed by atoms with Crippen molar-refractivity contribution < 1.29 is 14.3 Å². The van der Waals surface area contributed by atoms with Gasteiger partial charge in [0.15, 0.2) is 0 Å². The maximum atomic E-state index is 12.4. The van der Waals surface area contributed by atoms with E-state index in [0.29, 0.717) is 32.6 Å². The highest BCUT2D eigenvalue weighted by atomic mass is 35.5. The number of amides is 2. The minimum atomic E-state index is -0.630. The molecule has 1 fully saturated rings. The molecule has 1 heterocycles. The Hall–Kier alpha value is -1.63. The van der Waals surface area contributed by atoms with E-state index in [4.69, 9.17) is 10.5 Å². The Bertz CT molecular complexity index is 560. The molecule has 2 rings (SSSR count). The first-order valence-corrected chi connectivity index (χ1v) is 7.88. The average Bonchev–Trinajstić information content (AvgIpc) is 2.56. The normalized spacial score (nSPS) is 15.6. The molecule has 0 bridgehead atoms. The van der Waals surface area contributed by atoms with Gasteiger partial charge in [0.1, 0.15) is 6.04 Å². The fraction of sp³-hybridized carbons (Fsp3) is 0.529. The number of carbonyl (C=O) groups is 2. The molecular weight excluding hydrogens is 330 g/mol. The number of nitrogens with zero attached hydrogens (tertiary/aromatic N) is 2. The summed E-state index contributed by atoms with van der Waals surface area (Å²) >= 11 is 0. The molecule has 7 heteroatoms. The zero-order valence-electron chi connectivity index (χ0n) is 14.2. The van der Waals surface area contributed by atoms with Gasteiger partial charge >= 0.3 is 0 Å². The number of hydrogen-bond acceptors (Lipinski definition) is 4. The van der Waals surface area contributed by atoms with Gasteiger partial charge in [-0.3, -0.25) is 9.59 Å². The van der Waals surface area contributed by atoms with Crippen LogP contribution in [0.15, 0.2) is 24.3 Å². The molecule has 1 atom stereocenters. The number of halogens is 1. The lowest BCUT2D eigenvalue weighted by Crippen LogP contribution is -2.55. The highest BCUT2D eigenvalue weighted by Crippen LogP contribution is 2.11. The van der Waals surface area contributed by atoms with Gasteiger partial charge in [-0.05, 0) is 18.1 Å². The lowest BCUT2D eigenvalue weighted by molar-refractivity contribution is -0.140. The Morgan fingerprint density at radius 1 is 1.17 bits per heavy atom. The van der Waals surface area contributed by atoms with Gasteiger partial charge in [0.25, 0.3) is 0 Å². The highest BCUT2D eigenvalue weighted by molar-refractivity contribution is 5.85. The summed E-state index contributed by atoms with van der Waals surface area (Å²) in [7, 11) is 1.52. The summed E-state index contributed by atoms with van der Waals surface area (Å²) in [5.74, 6) is -0.00885. The van der Waals surface area contributed by atoms with Gasteiger partial charge in [0, 0.05) is 33.3 Å². The largest absolute Gasteiger partial charge is 0.383 e. The van der Waals surface area contributed by atoms with Crippen LogP contribution >= 0.6 is 12.4 Å². The fourth-order valence-corrected chi connectivity index (χ4v) is 2.74. The molecule has 1 aliphatic heterocycles. The van der Waals surface area contributed by atoms with E-state index >= 15 is 0 Å². The molecule has 0 aromatic heterocycles. The van der Waals surface area contributed by atoms with Crippen LogP contribution in [0.2, 0.25) is 0 Å². The van der Waals surface area contributed by atoms with Crippen molar-refractivity contribution in [1.29, 1.82) is 0 Å². The Balaban J connectivity index is 0.00000288. The van der Waals surface area contributed by atoms with Gasteiger partial charge in [0.2, 0.25) is 11.8 Å². The van der Waals surface area contributed by atoms with Crippen LogP contribution in [0.25, 0.3) is 0 Å². The smallest absolute Gasteiger partial charge is 0.241 e. The number of benzene rings is 1. The number of carbonyl (C=O) groups excluding carboxylic acids is 2. The third-order valence-electron chi connectivity index (χ3n) is 4.21. The zero-order valence-corrected chi connectivity index (χ0v) is 15.1. The molecule has 24 heavy (non-hydrogen) atoms. The molecule has 134 valence electrons. The van der Waals surface area contributed by atoms with Crippen molar-refractivity contribution in [2.24, 2.45) is 5.73 Å². The standard InChI is InChI=1S/C17H25N3O3.ClH/c1-13-5-3-4-6-14(13)11-16(21)19-7-9-20(10-8-19)17(22)15(18)12-23-2;/h3-6,15H,7-12,18H2,1-2H3;1H. The maximum Gasteiger partial charge on any atom is 0.241 e. The summed E-state index contributed by atoms with van der Waals surface area (Å²) in [4.78, 5) is 28.1. The molecule has 1 aromatic rings. The van der Waals surface area contributed by atoms with E-state index in [1.807, 2.05) is 36.1 Å². The first-order chi connectivity index (χ1) is 11.0. The Morgan fingerprint density at radius 2 is 1.75 bits per heavy atom. The van der Waals surface area contributed by atoms with E-state index in [-0.39, 0.29) is 30.8 Å². The van der Waals surface area contributed by atoms with Crippen LogP contribution in [-0.4, -0.2) is 67.6 Å². The van der Waals surface area contributed by atoms with Crippen molar-refractivity contribution in [2.75, 3.05) is 39.9 Å². The van der Waals surface area contributed by atoms with Crippen LogP contribution in [0.3, 0.4) is 0 Å². The van der Waals surface area contributed by atoms with Crippen molar-refractivity contribution in [2.45, 2.75) is 19.4 Å². The predicted octanol–water partition coefficient (Wildman–Crippen LogP) is 0.604. The molecular formula is C17H26ClN3O3. The minimum absolute atomic E-state index is 0. The third kappa shape index (κ3) is 5.19. The van der Waals surface area contributed by atoms with Gasteiger partial charge in [-0.1, -0.05) is 24.3 Å². The first kappa shape index (κ1) is 20.4. The molecule has 1 unspecified atom stereocenters. The van der Waals surface area contributed by atoms with E-state index in [0.717, 1.165) is 11.1 Å². The number of methoxy groups -OCH3 is 1. The maximum absolute atomic E-state index is 12.4. The summed E-state index contributed by atoms with van der Waals surface area (Å²) in [6.45, 7) is 4.37. The predicted molar refractivity (Wildman–Crippen MR) is 95.1 cm³/mol. The Labute approximate surface area is 149 Å². The topological polar surface area (TPSA) is 75.9 Å². The van der Waals surface area contributed by atoms with Crippen molar-refractivity contribution in [1.82, 2.24) is 9.80 Å². The monoisotopic (exact) mass is 355 g/mol. The quantitative estimate of drug-likeness (QED) is 0.839. The van der Waals surface area contributed by atoms with Crippen LogP contribution in [0.5, 0.6) is 0 Å². The van der Waals surface area contributed by atoms with E-state index in [1.54, 1.807) is 4.90 Å². The van der Waals surface area contributed by atoms with Gasteiger partial charge in [0.05, 0.1) is 13.0 Å². The van der Waals surface area contributed by atoms with Gasteiger partial charge in [-0.15, -0.1) is 12.4 Å². The number of nitrogens with two attached hydrogens (primary N) is 1. The first-order valence-electron chi connectivity index (χ1n) is 7.88. The number of hydrogen-bond donors (Lipinski definition) is 1. The Morgan fingerprint density at radius 3 is 2.33 bits per heavy atom. The van der Waals surface area contributed by atoms with E-state index < -0.39 is 6.04 Å². The lowest BCUT2D eigenvalue weighted by atomic mass is 10.1. The molecule has 0 radical (unpaired) electrons. The number of rotatable bonds is 5. The second kappa shape index (κ2) is 9.61. The second-order valence-electron chi connectivity index (χ2n) is 5.87. The van der Waals surface area contributed by atoms with Crippen molar-refractivity contribution >= 4 is 24.2 Å². The van der Waals surface area contributed by atoms with Crippen molar-refractivity contribution in [3.05, 3.63) is 35.4 Å². The summed E-state index contributed by atoms with van der Waals surface area (Å²) in [6, 6.07) is 7.28. The van der Waals surface area contributed by atoms with Gasteiger partial charge < -0.3 is 20.3 Å². The molecule has 1 aromatic carbocycles. The van der Waals surface area contributed by atoms with Crippen molar-refractivity contribution in [3.63, 3.8) is 0 Å². The van der Waals surface area contributed by atoms with Crippen LogP contribution in [-0.2, 0) is 20.7 Å². The summed E-state index contributed by atoms with van der Waals surface area (Å²) in [5.41, 5.74) is 7.95. The van der Waals surface area contributed by atoms with Crippen LogP contribution in [0.1, 0.15) is 11.1 Å². The Kier molecular flexibility index (Phi) is 8.18. The van der Waals surface area contributed by atoms with Crippen LogP contribution in [0.4, 0.5) is 0 Å². The third-order valence-corrected chi connectivity index (χ3v) is 4.21. The molecule has 2 N–H and O–H groups in total. The molecule has 1 saturated heterocycles. The van der Waals surface area contributed by atoms with Gasteiger partial charge in [-0.25, -0.2) is 0 Å². The zero-order chi connectivity index (χ0) is 16.8. The molecule has 0 spiro atoms. The summed E-state index contributed by atoms with van der Waals surface area (Å²) < 4.78 is 4.92. The van der Waals surface area contributed by atoms with Gasteiger partial charge in [-0.2, -0.15) is 0 Å². The summed E-state index contributed by atoms with van der Waals surface area (Å²) in [5, 5.41) is 0. The lowest BCUT2D eigenvalue weighted by Gasteiger charge is -2.36. The SMILES string of the molecule is COCC(N)C(=O)N1CCN(C(=O)Cc2ccccc2C)CC1.Cl. The molecule has 0 aliphatic carbocycles. The van der Waals surface area contributed by atoms with Crippen LogP contribution < -0.4 is 5.73 Å². The molecule has 6 nitrogen and oxygen atoms in total. The minimum Gasteiger partial charge on any atom is -0.383 e. The number of aryl methyl sites for hydroxylation is 1. The molecule has 1 aliphatic rings. The van der Waals surface area contributed by atoms with E-state index in [9.17, 15) is 9.59 Å². The molecule has 0 saturated carbocycles. The number of ether oxygens (including phenoxy) is 1. The fourth-order valence-electron chi connectivity index (χ4n) is 2.74. The average molecular weight is 356 g/mol. The number of piperazine rings is 1. The highest BCUT2D eigenvalue weighted by Gasteiger charge is 2.27. The second-order valence-corrected chi connectivity index (χ2v) is 5.87. The van der Waals surface area contributed by atoms with Crippen LogP contribution in [0, 0.1) is 6.92 Å². The molecule has 2 amide bonds. The van der Waals surface area contributed by atoms with E-state index in [2.05, 4.69) is 0 Å². The van der Waals surface area contributed by atoms with Crippen molar-refractivity contribution in [3.8, 4) is 0 Å². The van der Waals surface area contributed by atoms with E-state index in [1.165, 1.54) is 7.11 Å². The summed E-state index contributed by atoms with van der Waals surface area (Å²) in [6.07, 6.45) is 0.407.